The van der Waals surface area contributed by atoms with Crippen molar-refractivity contribution in [2.24, 2.45) is 0 Å². The van der Waals surface area contributed by atoms with E-state index in [0.29, 0.717) is 22.0 Å². The predicted molar refractivity (Wildman–Crippen MR) is 104 cm³/mol. The van der Waals surface area contributed by atoms with E-state index >= 15 is 0 Å². The van der Waals surface area contributed by atoms with Gasteiger partial charge in [0.1, 0.15) is 10.8 Å². The van der Waals surface area contributed by atoms with Gasteiger partial charge in [0.25, 0.3) is 5.91 Å². The van der Waals surface area contributed by atoms with Crippen molar-refractivity contribution in [3.05, 3.63) is 46.3 Å². The lowest BCUT2D eigenvalue weighted by atomic mass is 10.1. The fraction of sp³-hybridized carbons (Fsp3) is 0.350. The first-order valence-electron chi connectivity index (χ1n) is 8.99. The Morgan fingerprint density at radius 1 is 1.18 bits per heavy atom. The van der Waals surface area contributed by atoms with Gasteiger partial charge >= 0.3 is 11.9 Å². The summed E-state index contributed by atoms with van der Waals surface area (Å²) in [6.45, 7) is 1.53. The van der Waals surface area contributed by atoms with Crippen LogP contribution in [0, 0.1) is 0 Å². The number of ether oxygens (including phenoxy) is 2. The largest absolute Gasteiger partial charge is 0.508 e. The predicted octanol–water partition coefficient (Wildman–Crippen LogP) is 3.23. The molecule has 1 saturated carbocycles. The Balaban J connectivity index is 1.56. The Bertz CT molecular complexity index is 869. The number of anilines is 1. The van der Waals surface area contributed by atoms with Crippen LogP contribution in [0.1, 0.15) is 47.2 Å². The molecule has 1 fully saturated rings. The quantitative estimate of drug-likeness (QED) is 0.656. The van der Waals surface area contributed by atoms with Crippen LogP contribution in [0.2, 0.25) is 0 Å². The fourth-order valence-electron chi connectivity index (χ4n) is 2.71. The standard InChI is InChI=1S/C20H21NO6S/c1-2-26-20(25)18-15(13-5-6-13)11-28-19(18)21-16(23)10-27-17(24)9-12-3-7-14(22)8-4-12/h3-4,7-8,11,13,22H,2,5-6,9-10H2,1H3,(H,21,23). The van der Waals surface area contributed by atoms with Gasteiger partial charge in [-0.25, -0.2) is 4.79 Å². The highest BCUT2D eigenvalue weighted by molar-refractivity contribution is 7.15. The molecule has 1 amide bonds. The van der Waals surface area contributed by atoms with E-state index in [-0.39, 0.29) is 18.8 Å². The number of rotatable bonds is 8. The third-order valence-corrected chi connectivity index (χ3v) is 5.13. The van der Waals surface area contributed by atoms with Gasteiger partial charge in [-0.1, -0.05) is 12.1 Å². The van der Waals surface area contributed by atoms with E-state index in [9.17, 15) is 19.5 Å². The lowest BCUT2D eigenvalue weighted by Gasteiger charge is -2.09. The number of thiophene rings is 1. The van der Waals surface area contributed by atoms with Gasteiger partial charge in [0.15, 0.2) is 6.61 Å². The summed E-state index contributed by atoms with van der Waals surface area (Å²) in [5.74, 6) is -1.09. The normalized spacial score (nSPS) is 13.0. The monoisotopic (exact) mass is 403 g/mol. The Kier molecular flexibility index (Phi) is 6.30. The van der Waals surface area contributed by atoms with Crippen molar-refractivity contribution in [3.8, 4) is 5.75 Å². The van der Waals surface area contributed by atoms with Crippen LogP contribution in [0.15, 0.2) is 29.6 Å². The van der Waals surface area contributed by atoms with Gasteiger partial charge in [-0.2, -0.15) is 0 Å². The zero-order valence-electron chi connectivity index (χ0n) is 15.4. The third kappa shape index (κ3) is 5.10. The van der Waals surface area contributed by atoms with Gasteiger partial charge in [-0.3, -0.25) is 9.59 Å². The fourth-order valence-corrected chi connectivity index (χ4v) is 3.76. The Hall–Kier alpha value is -2.87. The number of hydrogen-bond acceptors (Lipinski definition) is 7. The summed E-state index contributed by atoms with van der Waals surface area (Å²) >= 11 is 1.27. The van der Waals surface area contributed by atoms with E-state index in [0.717, 1.165) is 18.4 Å². The Morgan fingerprint density at radius 3 is 2.54 bits per heavy atom. The Labute approximate surface area is 166 Å². The molecule has 0 bridgehead atoms. The average molecular weight is 403 g/mol. The van der Waals surface area contributed by atoms with Crippen molar-refractivity contribution < 1.29 is 29.0 Å². The smallest absolute Gasteiger partial charge is 0.341 e. The maximum absolute atomic E-state index is 12.3. The van der Waals surface area contributed by atoms with Crippen molar-refractivity contribution in [2.45, 2.75) is 32.1 Å². The van der Waals surface area contributed by atoms with Crippen LogP contribution >= 0.6 is 11.3 Å². The lowest BCUT2D eigenvalue weighted by Crippen LogP contribution is -2.22. The summed E-state index contributed by atoms with van der Waals surface area (Å²) in [5, 5.41) is 14.2. The first kappa shape index (κ1) is 19.9. The summed E-state index contributed by atoms with van der Waals surface area (Å²) in [7, 11) is 0. The number of hydrogen-bond donors (Lipinski definition) is 2. The molecule has 0 unspecified atom stereocenters. The molecule has 2 aromatic rings. The van der Waals surface area contributed by atoms with Crippen molar-refractivity contribution in [1.29, 1.82) is 0 Å². The first-order chi connectivity index (χ1) is 13.5. The molecule has 2 N–H and O–H groups in total. The zero-order chi connectivity index (χ0) is 20.1. The molecule has 28 heavy (non-hydrogen) atoms. The highest BCUT2D eigenvalue weighted by Gasteiger charge is 2.32. The van der Waals surface area contributed by atoms with Crippen LogP contribution in [0.5, 0.6) is 5.75 Å². The number of phenolic OH excluding ortho intramolecular Hbond substituents is 1. The number of nitrogens with one attached hydrogen (secondary N) is 1. The molecule has 1 aromatic carbocycles. The van der Waals surface area contributed by atoms with E-state index in [1.807, 2.05) is 5.38 Å². The summed E-state index contributed by atoms with van der Waals surface area (Å²) in [5.41, 5.74) is 1.97. The summed E-state index contributed by atoms with van der Waals surface area (Å²) in [6.07, 6.45) is 2.03. The molecule has 7 nitrogen and oxygen atoms in total. The molecular weight excluding hydrogens is 382 g/mol. The number of phenols is 1. The first-order valence-corrected chi connectivity index (χ1v) is 9.87. The second-order valence-corrected chi connectivity index (χ2v) is 7.32. The minimum Gasteiger partial charge on any atom is -0.508 e. The molecule has 1 aliphatic rings. The maximum Gasteiger partial charge on any atom is 0.341 e. The number of benzene rings is 1. The van der Waals surface area contributed by atoms with Gasteiger partial charge in [0, 0.05) is 0 Å². The minimum atomic E-state index is -0.559. The van der Waals surface area contributed by atoms with E-state index < -0.39 is 24.5 Å². The van der Waals surface area contributed by atoms with Crippen LogP contribution in [0.25, 0.3) is 0 Å². The Morgan fingerprint density at radius 2 is 1.89 bits per heavy atom. The molecule has 0 aliphatic heterocycles. The van der Waals surface area contributed by atoms with Gasteiger partial charge in [-0.15, -0.1) is 11.3 Å². The zero-order valence-corrected chi connectivity index (χ0v) is 16.2. The molecule has 1 heterocycles. The van der Waals surface area contributed by atoms with Crippen LogP contribution in [-0.2, 0) is 25.5 Å². The molecule has 1 aromatic heterocycles. The number of aromatic hydroxyl groups is 1. The average Bonchev–Trinajstić information content (AvgIpc) is 3.43. The van der Waals surface area contributed by atoms with Crippen LogP contribution in [-0.4, -0.2) is 36.2 Å². The number of carbonyl (C=O) groups excluding carboxylic acids is 3. The van der Waals surface area contributed by atoms with E-state index in [1.54, 1.807) is 19.1 Å². The maximum atomic E-state index is 12.3. The number of amides is 1. The van der Waals surface area contributed by atoms with E-state index in [2.05, 4.69) is 5.32 Å². The molecule has 0 saturated heterocycles. The second-order valence-electron chi connectivity index (χ2n) is 6.44. The molecule has 0 radical (unpaired) electrons. The van der Waals surface area contributed by atoms with Crippen LogP contribution in [0.4, 0.5) is 5.00 Å². The molecule has 8 heteroatoms. The molecule has 0 atom stereocenters. The summed E-state index contributed by atoms with van der Waals surface area (Å²) in [4.78, 5) is 36.3. The van der Waals surface area contributed by atoms with Crippen LogP contribution in [0.3, 0.4) is 0 Å². The van der Waals surface area contributed by atoms with Crippen molar-refractivity contribution >= 4 is 34.2 Å². The highest BCUT2D eigenvalue weighted by Crippen LogP contribution is 2.46. The van der Waals surface area contributed by atoms with Crippen molar-refractivity contribution in [1.82, 2.24) is 0 Å². The summed E-state index contributed by atoms with van der Waals surface area (Å²) in [6, 6.07) is 6.15. The molecule has 148 valence electrons. The second kappa shape index (κ2) is 8.88. The SMILES string of the molecule is CCOC(=O)c1c(C2CC2)csc1NC(=O)COC(=O)Cc1ccc(O)cc1. The molecule has 0 spiro atoms. The van der Waals surface area contributed by atoms with Gasteiger partial charge in [0.05, 0.1) is 18.6 Å². The molecule has 1 aliphatic carbocycles. The van der Waals surface area contributed by atoms with E-state index in [4.69, 9.17) is 9.47 Å². The van der Waals surface area contributed by atoms with Gasteiger partial charge < -0.3 is 19.9 Å². The van der Waals surface area contributed by atoms with Gasteiger partial charge in [0.2, 0.25) is 0 Å². The topological polar surface area (TPSA) is 102 Å². The highest BCUT2D eigenvalue weighted by atomic mass is 32.1. The lowest BCUT2D eigenvalue weighted by molar-refractivity contribution is -0.146. The van der Waals surface area contributed by atoms with Gasteiger partial charge in [-0.05, 0) is 54.3 Å². The molecular formula is C20H21NO6S. The third-order valence-electron chi connectivity index (χ3n) is 4.22. The number of carbonyl (C=O) groups is 3. The van der Waals surface area contributed by atoms with Crippen molar-refractivity contribution in [2.75, 3.05) is 18.5 Å². The van der Waals surface area contributed by atoms with Crippen molar-refractivity contribution in [3.63, 3.8) is 0 Å². The van der Waals surface area contributed by atoms with Crippen LogP contribution < -0.4 is 5.32 Å². The summed E-state index contributed by atoms with van der Waals surface area (Å²) < 4.78 is 10.1. The van der Waals surface area contributed by atoms with E-state index in [1.165, 1.54) is 23.5 Å². The molecule has 3 rings (SSSR count). The minimum absolute atomic E-state index is 0.00747. The number of esters is 2.